The quantitative estimate of drug-likeness (QED) is 0.303. The van der Waals surface area contributed by atoms with Crippen LogP contribution in [0.5, 0.6) is 0 Å². The molecule has 166 valence electrons. The van der Waals surface area contributed by atoms with Gasteiger partial charge in [-0.3, -0.25) is 0 Å². The molecule has 6 nitrogen and oxygen atoms in total. The summed E-state index contributed by atoms with van der Waals surface area (Å²) in [5.41, 5.74) is 2.96. The highest BCUT2D eigenvalue weighted by Gasteiger charge is 2.14. The van der Waals surface area contributed by atoms with Crippen molar-refractivity contribution in [1.29, 1.82) is 0 Å². The highest BCUT2D eigenvalue weighted by molar-refractivity contribution is 14.0. The molecule has 0 spiro atoms. The first-order valence-corrected chi connectivity index (χ1v) is 11.6. The summed E-state index contributed by atoms with van der Waals surface area (Å²) in [5, 5.41) is 6.70. The van der Waals surface area contributed by atoms with Crippen LogP contribution in [-0.4, -0.2) is 52.7 Å². The number of rotatable bonds is 8. The molecule has 0 amide bonds. The molecule has 0 aliphatic carbocycles. The lowest BCUT2D eigenvalue weighted by Gasteiger charge is -2.26. The van der Waals surface area contributed by atoms with Crippen molar-refractivity contribution in [3.05, 3.63) is 65.2 Å². The highest BCUT2D eigenvalue weighted by Crippen LogP contribution is 2.18. The minimum absolute atomic E-state index is 0. The zero-order valence-electron chi connectivity index (χ0n) is 18.3. The first-order chi connectivity index (χ1) is 13.7. The van der Waals surface area contributed by atoms with E-state index in [1.54, 1.807) is 6.07 Å². The molecule has 0 heterocycles. The molecule has 2 aromatic rings. The second kappa shape index (κ2) is 12.3. The molecule has 0 saturated carbocycles. The third-order valence-electron chi connectivity index (χ3n) is 4.67. The summed E-state index contributed by atoms with van der Waals surface area (Å²) in [7, 11) is 0.922. The van der Waals surface area contributed by atoms with Crippen molar-refractivity contribution in [2.24, 2.45) is 4.99 Å². The van der Waals surface area contributed by atoms with E-state index in [0.29, 0.717) is 11.4 Å². The second-order valence-corrected chi connectivity index (χ2v) is 9.32. The van der Waals surface area contributed by atoms with E-state index in [4.69, 9.17) is 0 Å². The van der Waals surface area contributed by atoms with Crippen LogP contribution in [0.4, 0.5) is 0 Å². The summed E-state index contributed by atoms with van der Waals surface area (Å²) in [6, 6.07) is 16.0. The molecule has 1 unspecified atom stereocenters. The van der Waals surface area contributed by atoms with Gasteiger partial charge in [0, 0.05) is 19.3 Å². The van der Waals surface area contributed by atoms with Gasteiger partial charge >= 0.3 is 0 Å². The summed E-state index contributed by atoms with van der Waals surface area (Å²) in [6.45, 7) is 5.79. The Morgan fingerprint density at radius 2 is 1.77 bits per heavy atom. The van der Waals surface area contributed by atoms with Gasteiger partial charge < -0.3 is 15.5 Å². The number of aryl methyl sites for hydroxylation is 1. The third kappa shape index (κ3) is 7.88. The Morgan fingerprint density at radius 1 is 1.10 bits per heavy atom. The van der Waals surface area contributed by atoms with Crippen molar-refractivity contribution >= 4 is 39.8 Å². The molecular formula is C22H33IN4O2S. The summed E-state index contributed by atoms with van der Waals surface area (Å²) in [5.74, 6) is 0.736. The van der Waals surface area contributed by atoms with Crippen LogP contribution < -0.4 is 10.6 Å². The molecule has 0 bridgehead atoms. The molecular weight excluding hydrogens is 511 g/mol. The Hall–Kier alpha value is -1.65. The second-order valence-electron chi connectivity index (χ2n) is 7.34. The first kappa shape index (κ1) is 26.4. The van der Waals surface area contributed by atoms with E-state index in [1.165, 1.54) is 11.8 Å². The Morgan fingerprint density at radius 3 is 2.30 bits per heavy atom. The first-order valence-electron chi connectivity index (χ1n) is 9.75. The molecule has 2 N–H and O–H groups in total. The van der Waals surface area contributed by atoms with Gasteiger partial charge in [0.05, 0.1) is 17.5 Å². The van der Waals surface area contributed by atoms with E-state index in [-0.39, 0.29) is 30.0 Å². The maximum Gasteiger partial charge on any atom is 0.191 e. The van der Waals surface area contributed by atoms with Crippen LogP contribution in [-0.2, 0) is 16.4 Å². The summed E-state index contributed by atoms with van der Waals surface area (Å²) in [4.78, 5) is 7.22. The normalized spacial score (nSPS) is 12.9. The van der Waals surface area contributed by atoms with Crippen LogP contribution in [0, 0.1) is 6.92 Å². The number of aliphatic imine (C=N–C) groups is 1. The number of halogens is 1. The zero-order valence-corrected chi connectivity index (χ0v) is 21.5. The van der Waals surface area contributed by atoms with Crippen LogP contribution in [0.15, 0.2) is 58.4 Å². The van der Waals surface area contributed by atoms with E-state index in [2.05, 4.69) is 46.8 Å². The van der Waals surface area contributed by atoms with E-state index in [9.17, 15) is 8.42 Å². The Labute approximate surface area is 198 Å². The van der Waals surface area contributed by atoms with Crippen LogP contribution in [0.1, 0.15) is 29.7 Å². The topological polar surface area (TPSA) is 73.8 Å². The van der Waals surface area contributed by atoms with E-state index in [0.717, 1.165) is 30.2 Å². The predicted octanol–water partition coefficient (Wildman–Crippen LogP) is 3.37. The number of hydrogen-bond donors (Lipinski definition) is 2. The molecule has 0 aliphatic heterocycles. The van der Waals surface area contributed by atoms with Gasteiger partial charge in [-0.25, -0.2) is 13.4 Å². The Balaban J connectivity index is 0.00000450. The molecule has 2 rings (SSSR count). The molecule has 0 aromatic heterocycles. The van der Waals surface area contributed by atoms with Gasteiger partial charge in [0.25, 0.3) is 0 Å². The number of nitrogens with one attached hydrogen (secondary N) is 2. The summed E-state index contributed by atoms with van der Waals surface area (Å²) >= 11 is 0. The standard InChI is InChI=1S/C22H32N4O2S.HI/c1-6-23-22(25-16-20(26(3)4)19-10-8-7-9-11-19)24-15-18-12-13-21(17(2)14-18)29(5,27)28;/h7-14,20H,6,15-16H2,1-5H3,(H2,23,24,25);1H. The summed E-state index contributed by atoms with van der Waals surface area (Å²) in [6.07, 6.45) is 1.23. The number of likely N-dealkylation sites (N-methyl/N-ethyl adjacent to an activating group) is 1. The number of nitrogens with zero attached hydrogens (tertiary/aromatic N) is 2. The minimum Gasteiger partial charge on any atom is -0.357 e. The molecule has 30 heavy (non-hydrogen) atoms. The van der Waals surface area contributed by atoms with E-state index in [1.807, 2.05) is 44.2 Å². The maximum atomic E-state index is 11.8. The van der Waals surface area contributed by atoms with Gasteiger partial charge in [0.1, 0.15) is 0 Å². The number of benzene rings is 2. The molecule has 0 radical (unpaired) electrons. The SMILES string of the molecule is CCNC(=NCc1ccc(S(C)(=O)=O)c(C)c1)NCC(c1ccccc1)N(C)C.I. The van der Waals surface area contributed by atoms with Crippen molar-refractivity contribution in [2.75, 3.05) is 33.4 Å². The summed E-state index contributed by atoms with van der Waals surface area (Å²) < 4.78 is 23.6. The third-order valence-corrected chi connectivity index (χ3v) is 5.93. The van der Waals surface area contributed by atoms with Crippen molar-refractivity contribution in [2.45, 2.75) is 31.3 Å². The van der Waals surface area contributed by atoms with Crippen molar-refractivity contribution in [3.63, 3.8) is 0 Å². The van der Waals surface area contributed by atoms with Gasteiger partial charge in [0.15, 0.2) is 15.8 Å². The number of guanidine groups is 1. The van der Waals surface area contributed by atoms with Gasteiger partial charge in [0.2, 0.25) is 0 Å². The monoisotopic (exact) mass is 544 g/mol. The maximum absolute atomic E-state index is 11.8. The van der Waals surface area contributed by atoms with E-state index < -0.39 is 9.84 Å². The van der Waals surface area contributed by atoms with Crippen LogP contribution in [0.25, 0.3) is 0 Å². The van der Waals surface area contributed by atoms with Crippen molar-refractivity contribution in [3.8, 4) is 0 Å². The molecule has 0 saturated heterocycles. The van der Waals surface area contributed by atoms with Gasteiger partial charge in [-0.2, -0.15) is 0 Å². The molecule has 2 aromatic carbocycles. The fourth-order valence-corrected chi connectivity index (χ4v) is 4.16. The van der Waals surface area contributed by atoms with Crippen molar-refractivity contribution < 1.29 is 8.42 Å². The lowest BCUT2D eigenvalue weighted by molar-refractivity contribution is 0.298. The van der Waals surface area contributed by atoms with E-state index >= 15 is 0 Å². The average molecular weight is 545 g/mol. The molecule has 0 fully saturated rings. The molecule has 8 heteroatoms. The number of hydrogen-bond acceptors (Lipinski definition) is 4. The van der Waals surface area contributed by atoms with Crippen molar-refractivity contribution in [1.82, 2.24) is 15.5 Å². The minimum atomic E-state index is -3.21. The largest absolute Gasteiger partial charge is 0.357 e. The molecule has 1 atom stereocenters. The van der Waals surface area contributed by atoms with Gasteiger partial charge in [-0.1, -0.05) is 42.5 Å². The average Bonchev–Trinajstić information content (AvgIpc) is 2.65. The Kier molecular flexibility index (Phi) is 10.8. The Bertz CT molecular complexity index is 931. The zero-order chi connectivity index (χ0) is 21.4. The lowest BCUT2D eigenvalue weighted by Crippen LogP contribution is -2.41. The fraction of sp³-hybridized carbons (Fsp3) is 0.409. The fourth-order valence-electron chi connectivity index (χ4n) is 3.21. The highest BCUT2D eigenvalue weighted by atomic mass is 127. The van der Waals surface area contributed by atoms with Crippen LogP contribution >= 0.6 is 24.0 Å². The molecule has 0 aliphatic rings. The predicted molar refractivity (Wildman–Crippen MR) is 135 cm³/mol. The number of sulfone groups is 1. The lowest BCUT2D eigenvalue weighted by atomic mass is 10.1. The van der Waals surface area contributed by atoms with Crippen LogP contribution in [0.2, 0.25) is 0 Å². The van der Waals surface area contributed by atoms with Gasteiger partial charge in [-0.15, -0.1) is 24.0 Å². The van der Waals surface area contributed by atoms with Gasteiger partial charge in [-0.05, 0) is 50.7 Å². The van der Waals surface area contributed by atoms with Crippen LogP contribution in [0.3, 0.4) is 0 Å². The smallest absolute Gasteiger partial charge is 0.191 e.